The van der Waals surface area contributed by atoms with Crippen molar-refractivity contribution in [1.29, 1.82) is 0 Å². The summed E-state index contributed by atoms with van der Waals surface area (Å²) in [6.07, 6.45) is 2.20. The minimum Gasteiger partial charge on any atom is -0.309 e. The molecule has 2 heterocycles. The summed E-state index contributed by atoms with van der Waals surface area (Å²) in [6, 6.07) is 59.4. The van der Waals surface area contributed by atoms with E-state index in [1.807, 2.05) is 11.8 Å². The first-order valence-corrected chi connectivity index (χ1v) is 18.9. The van der Waals surface area contributed by atoms with E-state index in [1.54, 1.807) is 11.3 Å². The van der Waals surface area contributed by atoms with E-state index in [0.717, 1.165) is 21.8 Å². The molecule has 0 saturated carbocycles. The molecule has 0 spiro atoms. The van der Waals surface area contributed by atoms with Gasteiger partial charge in [-0.15, -0.1) is 23.1 Å². The molecule has 0 amide bonds. The molecule has 0 saturated heterocycles. The Morgan fingerprint density at radius 1 is 0.520 bits per heavy atom. The Bertz CT molecular complexity index is 2900. The lowest BCUT2D eigenvalue weighted by Crippen LogP contribution is -1.92. The zero-order valence-corrected chi connectivity index (χ0v) is 28.9. The van der Waals surface area contributed by atoms with Crippen LogP contribution in [0.4, 0.5) is 0 Å². The van der Waals surface area contributed by atoms with E-state index in [1.165, 1.54) is 75.2 Å². The van der Waals surface area contributed by atoms with E-state index < -0.39 is 0 Å². The maximum Gasteiger partial charge on any atom is 0.124 e. The molecular formula is C46H30N2S2. The number of thiazole rings is 1. The van der Waals surface area contributed by atoms with Gasteiger partial charge in [-0.05, 0) is 93.0 Å². The molecule has 4 heteroatoms. The summed E-state index contributed by atoms with van der Waals surface area (Å²) in [5, 5.41) is 8.59. The summed E-state index contributed by atoms with van der Waals surface area (Å²) in [7, 11) is 0. The normalized spacial score (nSPS) is 11.8. The Hall–Kier alpha value is -5.68. The van der Waals surface area contributed by atoms with Gasteiger partial charge in [0.2, 0.25) is 0 Å². The summed E-state index contributed by atoms with van der Waals surface area (Å²) in [4.78, 5) is 6.67. The largest absolute Gasteiger partial charge is 0.309 e. The van der Waals surface area contributed by atoms with Crippen LogP contribution in [-0.4, -0.2) is 15.8 Å². The van der Waals surface area contributed by atoms with E-state index in [4.69, 9.17) is 4.98 Å². The highest BCUT2D eigenvalue weighted by Crippen LogP contribution is 2.47. The number of thioether (sulfide) groups is 1. The van der Waals surface area contributed by atoms with E-state index in [-0.39, 0.29) is 0 Å². The molecule has 0 atom stereocenters. The maximum absolute atomic E-state index is 5.39. The van der Waals surface area contributed by atoms with E-state index >= 15 is 0 Å². The van der Waals surface area contributed by atoms with Crippen molar-refractivity contribution in [3.63, 3.8) is 0 Å². The molecule has 10 rings (SSSR count). The quantitative estimate of drug-likeness (QED) is 0.134. The molecule has 0 aliphatic rings. The van der Waals surface area contributed by atoms with Crippen molar-refractivity contribution < 1.29 is 0 Å². The number of hydrogen-bond donors (Lipinski definition) is 0. The zero-order valence-electron chi connectivity index (χ0n) is 27.3. The van der Waals surface area contributed by atoms with Gasteiger partial charge in [0.25, 0.3) is 0 Å². The Morgan fingerprint density at radius 3 is 2.04 bits per heavy atom. The average Bonchev–Trinajstić information content (AvgIpc) is 3.76. The lowest BCUT2D eigenvalue weighted by atomic mass is 9.95. The number of aromatic nitrogens is 2. The molecule has 0 unspecified atom stereocenters. The Kier molecular flexibility index (Phi) is 6.86. The van der Waals surface area contributed by atoms with Crippen LogP contribution in [0.5, 0.6) is 0 Å². The third-order valence-corrected chi connectivity index (χ3v) is 11.9. The molecule has 10 aromatic rings. The van der Waals surface area contributed by atoms with Gasteiger partial charge in [0.05, 0.1) is 21.3 Å². The molecule has 2 aromatic heterocycles. The number of hydrogen-bond acceptors (Lipinski definition) is 3. The van der Waals surface area contributed by atoms with Crippen molar-refractivity contribution in [2.24, 2.45) is 0 Å². The van der Waals surface area contributed by atoms with Crippen LogP contribution in [0, 0.1) is 0 Å². The summed E-state index contributed by atoms with van der Waals surface area (Å²) in [5.41, 5.74) is 10.6. The molecule has 0 aliphatic heterocycles. The van der Waals surface area contributed by atoms with Crippen LogP contribution in [0.3, 0.4) is 0 Å². The zero-order chi connectivity index (χ0) is 33.2. The van der Waals surface area contributed by atoms with Gasteiger partial charge >= 0.3 is 0 Å². The van der Waals surface area contributed by atoms with Gasteiger partial charge in [-0.25, -0.2) is 4.98 Å². The van der Waals surface area contributed by atoms with Crippen molar-refractivity contribution in [3.8, 4) is 38.5 Å². The topological polar surface area (TPSA) is 17.8 Å². The van der Waals surface area contributed by atoms with Crippen LogP contribution in [0.25, 0.3) is 92.1 Å². The van der Waals surface area contributed by atoms with Crippen molar-refractivity contribution in [2.75, 3.05) is 6.26 Å². The standard InChI is InChI=1S/C46H30N2S2/c1-49-44-38(32-22-24-36-31(26-32)21-20-29-12-8-9-17-35(29)36)28-40-45(43(44)30-13-4-2-5-14-30)50-46(47-40)33-23-25-42-39(27-33)37-18-10-11-19-41(37)48(42)34-15-6-3-7-16-34/h2-28H,1H3. The van der Waals surface area contributed by atoms with Crippen LogP contribution in [0.1, 0.15) is 0 Å². The molecule has 0 radical (unpaired) electrons. The molecule has 8 aromatic carbocycles. The fraction of sp³-hybridized carbons (Fsp3) is 0.0217. The summed E-state index contributed by atoms with van der Waals surface area (Å²) < 4.78 is 3.59. The fourth-order valence-electron chi connectivity index (χ4n) is 7.61. The highest BCUT2D eigenvalue weighted by Gasteiger charge is 2.21. The highest BCUT2D eigenvalue weighted by atomic mass is 32.2. The van der Waals surface area contributed by atoms with Gasteiger partial charge in [-0.2, -0.15) is 0 Å². The maximum atomic E-state index is 5.39. The minimum absolute atomic E-state index is 1.03. The molecule has 2 nitrogen and oxygen atoms in total. The number of benzene rings is 8. The van der Waals surface area contributed by atoms with Crippen LogP contribution >= 0.6 is 23.1 Å². The molecule has 0 N–H and O–H groups in total. The summed E-state index contributed by atoms with van der Waals surface area (Å²) >= 11 is 3.61. The predicted octanol–water partition coefficient (Wildman–Crippen LogP) is 13.4. The van der Waals surface area contributed by atoms with Gasteiger partial charge in [-0.3, -0.25) is 0 Å². The first-order chi connectivity index (χ1) is 24.7. The number of rotatable bonds is 5. The van der Waals surface area contributed by atoms with Crippen molar-refractivity contribution in [1.82, 2.24) is 9.55 Å². The van der Waals surface area contributed by atoms with Crippen molar-refractivity contribution in [2.45, 2.75) is 4.90 Å². The van der Waals surface area contributed by atoms with Gasteiger partial charge in [0, 0.05) is 32.5 Å². The minimum atomic E-state index is 1.03. The fourth-order valence-corrected chi connectivity index (χ4v) is 9.61. The molecule has 50 heavy (non-hydrogen) atoms. The Balaban J connectivity index is 1.19. The smallest absolute Gasteiger partial charge is 0.124 e. The molecule has 236 valence electrons. The predicted molar refractivity (Wildman–Crippen MR) is 217 cm³/mol. The lowest BCUT2D eigenvalue weighted by molar-refractivity contribution is 1.18. The third-order valence-electron chi connectivity index (χ3n) is 9.89. The van der Waals surface area contributed by atoms with Crippen LogP contribution in [0.15, 0.2) is 169 Å². The van der Waals surface area contributed by atoms with E-state index in [2.05, 4.69) is 175 Å². The first-order valence-electron chi connectivity index (χ1n) is 16.8. The lowest BCUT2D eigenvalue weighted by Gasteiger charge is -2.16. The van der Waals surface area contributed by atoms with Gasteiger partial charge in [-0.1, -0.05) is 115 Å². The monoisotopic (exact) mass is 674 g/mol. The van der Waals surface area contributed by atoms with Crippen LogP contribution in [0.2, 0.25) is 0 Å². The van der Waals surface area contributed by atoms with Crippen LogP contribution < -0.4 is 0 Å². The first kappa shape index (κ1) is 29.3. The van der Waals surface area contributed by atoms with Gasteiger partial charge in [0.15, 0.2) is 0 Å². The average molecular weight is 675 g/mol. The molecule has 0 fully saturated rings. The van der Waals surface area contributed by atoms with E-state index in [9.17, 15) is 0 Å². The number of nitrogens with zero attached hydrogens (tertiary/aromatic N) is 2. The SMILES string of the molecule is CSc1c(-c2ccc3c(ccc4ccccc43)c2)cc2nc(-c3ccc4c(c3)c3ccccc3n4-c3ccccc3)sc2c1-c1ccccc1. The molecular weight excluding hydrogens is 645 g/mol. The van der Waals surface area contributed by atoms with E-state index in [0.29, 0.717) is 0 Å². The Morgan fingerprint density at radius 2 is 1.20 bits per heavy atom. The number of para-hydroxylation sites is 2. The Labute approximate surface area is 298 Å². The van der Waals surface area contributed by atoms with Gasteiger partial charge in [0.1, 0.15) is 5.01 Å². The summed E-state index contributed by atoms with van der Waals surface area (Å²) in [6.45, 7) is 0. The second-order valence-corrected chi connectivity index (χ2v) is 14.5. The second kappa shape index (κ2) is 11.7. The summed E-state index contributed by atoms with van der Waals surface area (Å²) in [5.74, 6) is 0. The second-order valence-electron chi connectivity index (χ2n) is 12.7. The van der Waals surface area contributed by atoms with Gasteiger partial charge < -0.3 is 4.57 Å². The van der Waals surface area contributed by atoms with Crippen molar-refractivity contribution >= 4 is 76.7 Å². The third kappa shape index (κ3) is 4.60. The van der Waals surface area contributed by atoms with Crippen LogP contribution in [-0.2, 0) is 0 Å². The molecule has 0 aliphatic carbocycles. The highest BCUT2D eigenvalue weighted by molar-refractivity contribution is 7.99. The molecule has 0 bridgehead atoms. The van der Waals surface area contributed by atoms with Crippen molar-refractivity contribution in [3.05, 3.63) is 164 Å². The number of fused-ring (bicyclic) bond motifs is 7.